The molecule has 0 atom stereocenters. The van der Waals surface area contributed by atoms with Gasteiger partial charge >= 0.3 is 0 Å². The van der Waals surface area contributed by atoms with Gasteiger partial charge in [0.05, 0.1) is 17.2 Å². The minimum atomic E-state index is -0.484. The Labute approximate surface area is 116 Å². The van der Waals surface area contributed by atoms with E-state index >= 15 is 0 Å². The lowest BCUT2D eigenvalue weighted by Crippen LogP contribution is -1.99. The maximum Gasteiger partial charge on any atom is 0.153 e. The van der Waals surface area contributed by atoms with Crippen molar-refractivity contribution >= 4 is 6.29 Å². The molecule has 3 nitrogen and oxygen atoms in total. The summed E-state index contributed by atoms with van der Waals surface area (Å²) in [4.78, 5) is 11.0. The van der Waals surface area contributed by atoms with Crippen LogP contribution < -0.4 is 4.74 Å². The molecule has 0 amide bonds. The summed E-state index contributed by atoms with van der Waals surface area (Å²) in [6.07, 6.45) is 0.717. The molecule has 4 heteroatoms. The highest BCUT2D eigenvalue weighted by Crippen LogP contribution is 2.20. The van der Waals surface area contributed by atoms with Gasteiger partial charge in [-0.2, -0.15) is 5.26 Å². The summed E-state index contributed by atoms with van der Waals surface area (Å²) in [5.74, 6) is -0.0458. The molecule has 0 unspecified atom stereocenters. The van der Waals surface area contributed by atoms with E-state index in [1.165, 1.54) is 6.07 Å². The van der Waals surface area contributed by atoms with Gasteiger partial charge in [0.15, 0.2) is 6.29 Å². The Balaban J connectivity index is 2.19. The molecule has 20 heavy (non-hydrogen) atoms. The number of ether oxygens (including phenoxy) is 1. The van der Waals surface area contributed by atoms with Crippen molar-refractivity contribution < 1.29 is 13.9 Å². The number of nitrogens with zero attached hydrogens (tertiary/aromatic N) is 1. The topological polar surface area (TPSA) is 50.1 Å². The number of rotatable bonds is 4. The van der Waals surface area contributed by atoms with Crippen molar-refractivity contribution in [2.24, 2.45) is 0 Å². The van der Waals surface area contributed by atoms with Gasteiger partial charge in [0.2, 0.25) is 0 Å². The highest BCUT2D eigenvalue weighted by atomic mass is 19.1. The molecule has 0 aliphatic carbocycles. The number of halogens is 1. The predicted octanol–water partition coefficient (Wildman–Crippen LogP) is 3.40. The molecule has 0 spiro atoms. The van der Waals surface area contributed by atoms with Gasteiger partial charge in [-0.25, -0.2) is 4.39 Å². The van der Waals surface area contributed by atoms with Gasteiger partial charge in [-0.15, -0.1) is 0 Å². The Bertz CT molecular complexity index is 689. The first-order chi connectivity index (χ1) is 9.62. The van der Waals surface area contributed by atoms with Gasteiger partial charge in [0, 0.05) is 0 Å². The molecule has 0 saturated carbocycles. The second kappa shape index (κ2) is 5.98. The third-order valence-electron chi connectivity index (χ3n) is 2.77. The monoisotopic (exact) mass is 269 g/mol. The van der Waals surface area contributed by atoms with E-state index in [9.17, 15) is 9.18 Å². The summed E-state index contributed by atoms with van der Waals surface area (Å²) < 4.78 is 18.8. The molecule has 100 valence electrons. The zero-order valence-electron chi connectivity index (χ0n) is 10.9. The Morgan fingerprint density at radius 2 is 2.10 bits per heavy atom. The summed E-state index contributed by atoms with van der Waals surface area (Å²) in [6, 6.07) is 11.1. The summed E-state index contributed by atoms with van der Waals surface area (Å²) in [7, 11) is 0. The Kier molecular flexibility index (Phi) is 4.11. The minimum absolute atomic E-state index is 0.0936. The first kappa shape index (κ1) is 13.8. The van der Waals surface area contributed by atoms with Gasteiger partial charge in [0.1, 0.15) is 18.2 Å². The third kappa shape index (κ3) is 3.21. The van der Waals surface area contributed by atoms with Crippen LogP contribution in [0.4, 0.5) is 4.39 Å². The maximum absolute atomic E-state index is 13.3. The second-order valence-electron chi connectivity index (χ2n) is 4.41. The van der Waals surface area contributed by atoms with Crippen molar-refractivity contribution in [3.63, 3.8) is 0 Å². The van der Waals surface area contributed by atoms with E-state index in [1.807, 2.05) is 19.1 Å². The van der Waals surface area contributed by atoms with E-state index < -0.39 is 5.82 Å². The summed E-state index contributed by atoms with van der Waals surface area (Å²) >= 11 is 0. The number of nitriles is 1. The Morgan fingerprint density at radius 1 is 1.30 bits per heavy atom. The van der Waals surface area contributed by atoms with Crippen molar-refractivity contribution in [1.29, 1.82) is 5.26 Å². The molecular weight excluding hydrogens is 257 g/mol. The SMILES string of the molecule is Cc1ccc(OCc2cc(F)cc(C#N)c2)c(C=O)c1. The van der Waals surface area contributed by atoms with Crippen molar-refractivity contribution in [3.8, 4) is 11.8 Å². The molecule has 0 aliphatic heterocycles. The molecule has 2 rings (SSSR count). The van der Waals surface area contributed by atoms with Crippen LogP contribution in [0.3, 0.4) is 0 Å². The average molecular weight is 269 g/mol. The van der Waals surface area contributed by atoms with Crippen LogP contribution >= 0.6 is 0 Å². The summed E-state index contributed by atoms with van der Waals surface area (Å²) in [6.45, 7) is 1.97. The van der Waals surface area contributed by atoms with Crippen LogP contribution in [-0.4, -0.2) is 6.29 Å². The number of carbonyl (C=O) groups excluding carboxylic acids is 1. The highest BCUT2D eigenvalue weighted by Gasteiger charge is 2.05. The number of benzene rings is 2. The van der Waals surface area contributed by atoms with E-state index in [0.29, 0.717) is 23.2 Å². The molecule has 0 aliphatic rings. The number of hydrogen-bond donors (Lipinski definition) is 0. The Morgan fingerprint density at radius 3 is 2.80 bits per heavy atom. The zero-order chi connectivity index (χ0) is 14.5. The maximum atomic E-state index is 13.3. The lowest BCUT2D eigenvalue weighted by Gasteiger charge is -2.09. The minimum Gasteiger partial charge on any atom is -0.488 e. The second-order valence-corrected chi connectivity index (χ2v) is 4.41. The van der Waals surface area contributed by atoms with Crippen molar-refractivity contribution in [1.82, 2.24) is 0 Å². The predicted molar refractivity (Wildman–Crippen MR) is 72.0 cm³/mol. The third-order valence-corrected chi connectivity index (χ3v) is 2.77. The normalized spacial score (nSPS) is 9.85. The van der Waals surface area contributed by atoms with Gasteiger partial charge in [-0.3, -0.25) is 4.79 Å². The quantitative estimate of drug-likeness (QED) is 0.799. The number of aldehydes is 1. The fourth-order valence-electron chi connectivity index (χ4n) is 1.85. The van der Waals surface area contributed by atoms with E-state index in [2.05, 4.69) is 0 Å². The van der Waals surface area contributed by atoms with E-state index in [1.54, 1.807) is 18.2 Å². The zero-order valence-corrected chi connectivity index (χ0v) is 10.9. The largest absolute Gasteiger partial charge is 0.488 e. The molecule has 2 aromatic rings. The first-order valence-electron chi connectivity index (χ1n) is 6.00. The van der Waals surface area contributed by atoms with Crippen molar-refractivity contribution in [3.05, 3.63) is 64.5 Å². The average Bonchev–Trinajstić information content (AvgIpc) is 2.45. The fraction of sp³-hybridized carbons (Fsp3) is 0.125. The summed E-state index contributed by atoms with van der Waals surface area (Å²) in [5.41, 5.74) is 2.18. The lowest BCUT2D eigenvalue weighted by molar-refractivity contribution is 0.111. The van der Waals surface area contributed by atoms with E-state index in [4.69, 9.17) is 10.00 Å². The first-order valence-corrected chi connectivity index (χ1v) is 6.00. The molecule has 0 bridgehead atoms. The molecular formula is C16H12FNO2. The molecule has 2 aromatic carbocycles. The molecule has 0 saturated heterocycles. The number of carbonyl (C=O) groups is 1. The molecule has 0 aromatic heterocycles. The van der Waals surface area contributed by atoms with Gasteiger partial charge in [-0.1, -0.05) is 11.6 Å². The smallest absolute Gasteiger partial charge is 0.153 e. The molecule has 0 heterocycles. The van der Waals surface area contributed by atoms with Gasteiger partial charge in [-0.05, 0) is 42.8 Å². The van der Waals surface area contributed by atoms with Gasteiger partial charge in [0.25, 0.3) is 0 Å². The van der Waals surface area contributed by atoms with Crippen LogP contribution in [0.1, 0.15) is 27.0 Å². The number of aryl methyl sites for hydroxylation is 1. The van der Waals surface area contributed by atoms with Crippen LogP contribution in [-0.2, 0) is 6.61 Å². The van der Waals surface area contributed by atoms with Crippen LogP contribution in [0.15, 0.2) is 36.4 Å². The van der Waals surface area contributed by atoms with Crippen LogP contribution in [0.2, 0.25) is 0 Å². The van der Waals surface area contributed by atoms with E-state index in [0.717, 1.165) is 11.6 Å². The van der Waals surface area contributed by atoms with Crippen LogP contribution in [0.25, 0.3) is 0 Å². The standard InChI is InChI=1S/C16H12FNO2/c1-11-2-3-16(14(4-11)9-19)20-10-13-5-12(8-18)6-15(17)7-13/h2-7,9H,10H2,1H3. The fourth-order valence-corrected chi connectivity index (χ4v) is 1.85. The van der Waals surface area contributed by atoms with E-state index in [-0.39, 0.29) is 12.2 Å². The number of hydrogen-bond acceptors (Lipinski definition) is 3. The van der Waals surface area contributed by atoms with Crippen molar-refractivity contribution in [2.75, 3.05) is 0 Å². The van der Waals surface area contributed by atoms with Gasteiger partial charge < -0.3 is 4.74 Å². The van der Waals surface area contributed by atoms with Crippen molar-refractivity contribution in [2.45, 2.75) is 13.5 Å². The summed E-state index contributed by atoms with van der Waals surface area (Å²) in [5, 5.41) is 8.78. The molecule has 0 N–H and O–H groups in total. The molecule has 0 fully saturated rings. The van der Waals surface area contributed by atoms with Crippen LogP contribution in [0, 0.1) is 24.1 Å². The Hall–Kier alpha value is -2.67. The molecule has 0 radical (unpaired) electrons. The van der Waals surface area contributed by atoms with Crippen LogP contribution in [0.5, 0.6) is 5.75 Å². The highest BCUT2D eigenvalue weighted by molar-refractivity contribution is 5.79. The lowest BCUT2D eigenvalue weighted by atomic mass is 10.1.